The van der Waals surface area contributed by atoms with E-state index in [1.54, 1.807) is 4.90 Å². The zero-order valence-corrected chi connectivity index (χ0v) is 15.3. The van der Waals surface area contributed by atoms with Crippen LogP contribution >= 0.6 is 0 Å². The number of nitrogens with zero attached hydrogens (tertiary/aromatic N) is 2. The highest BCUT2D eigenvalue weighted by atomic mass is 19.1. The summed E-state index contributed by atoms with van der Waals surface area (Å²) < 4.78 is 27.6. The molecule has 0 spiro atoms. The Kier molecular flexibility index (Phi) is 4.75. The molecule has 1 saturated heterocycles. The van der Waals surface area contributed by atoms with Crippen LogP contribution in [0.4, 0.5) is 20.2 Å². The predicted octanol–water partition coefficient (Wildman–Crippen LogP) is 3.03. The van der Waals surface area contributed by atoms with Crippen molar-refractivity contribution in [2.45, 2.75) is 12.8 Å². The Morgan fingerprint density at radius 3 is 2.04 bits per heavy atom. The molecule has 4 rings (SSSR count). The third-order valence-electron chi connectivity index (χ3n) is 5.48. The Hall–Kier alpha value is -2.96. The molecule has 0 aromatic heterocycles. The molecule has 2 aliphatic rings. The van der Waals surface area contributed by atoms with E-state index in [-0.39, 0.29) is 5.91 Å². The zero-order chi connectivity index (χ0) is 19.7. The van der Waals surface area contributed by atoms with Gasteiger partial charge in [0.05, 0.1) is 0 Å². The molecule has 2 amide bonds. The molecule has 28 heavy (non-hydrogen) atoms. The monoisotopic (exact) mass is 385 g/mol. The standard InChI is InChI=1S/C21H21F2N3O2/c22-16-7-4-8-17(23)18(16)24-19(27)21(9-10-21)20(28)26-13-11-25(12-14-26)15-5-2-1-3-6-15/h1-8H,9-14H2,(H,24,27). The third kappa shape index (κ3) is 3.32. The van der Waals surface area contributed by atoms with Gasteiger partial charge in [0.2, 0.25) is 11.8 Å². The summed E-state index contributed by atoms with van der Waals surface area (Å²) in [4.78, 5) is 29.5. The van der Waals surface area contributed by atoms with Crippen LogP contribution < -0.4 is 10.2 Å². The van der Waals surface area contributed by atoms with Crippen molar-refractivity contribution in [3.05, 3.63) is 60.2 Å². The lowest BCUT2D eigenvalue weighted by Crippen LogP contribution is -2.52. The number of halogens is 2. The summed E-state index contributed by atoms with van der Waals surface area (Å²) in [7, 11) is 0. The summed E-state index contributed by atoms with van der Waals surface area (Å²) in [6.07, 6.45) is 0.791. The molecular weight excluding hydrogens is 364 g/mol. The normalized spacial score (nSPS) is 17.9. The molecule has 1 heterocycles. The van der Waals surface area contributed by atoms with Gasteiger partial charge in [0.25, 0.3) is 0 Å². The van der Waals surface area contributed by atoms with Crippen molar-refractivity contribution in [1.29, 1.82) is 0 Å². The summed E-state index contributed by atoms with van der Waals surface area (Å²) in [5, 5.41) is 2.29. The van der Waals surface area contributed by atoms with Crippen molar-refractivity contribution in [3.8, 4) is 0 Å². The van der Waals surface area contributed by atoms with Gasteiger partial charge in [0, 0.05) is 31.9 Å². The number of anilines is 2. The minimum absolute atomic E-state index is 0.255. The van der Waals surface area contributed by atoms with Crippen LogP contribution in [0.5, 0.6) is 0 Å². The molecule has 146 valence electrons. The number of nitrogens with one attached hydrogen (secondary N) is 1. The van der Waals surface area contributed by atoms with Gasteiger partial charge in [-0.25, -0.2) is 8.78 Å². The van der Waals surface area contributed by atoms with Crippen LogP contribution in [0, 0.1) is 17.0 Å². The number of hydrogen-bond donors (Lipinski definition) is 1. The topological polar surface area (TPSA) is 52.7 Å². The number of rotatable bonds is 4. The fraction of sp³-hybridized carbons (Fsp3) is 0.333. The van der Waals surface area contributed by atoms with Crippen LogP contribution in [-0.4, -0.2) is 42.9 Å². The number of hydrogen-bond acceptors (Lipinski definition) is 3. The van der Waals surface area contributed by atoms with E-state index in [4.69, 9.17) is 0 Å². The molecule has 5 nitrogen and oxygen atoms in total. The lowest BCUT2D eigenvalue weighted by atomic mass is 10.0. The summed E-state index contributed by atoms with van der Waals surface area (Å²) in [6.45, 7) is 2.37. The quantitative estimate of drug-likeness (QED) is 0.824. The SMILES string of the molecule is O=C(Nc1c(F)cccc1F)C1(C(=O)N2CCN(c3ccccc3)CC2)CC1. The van der Waals surface area contributed by atoms with Crippen molar-refractivity contribution in [2.24, 2.45) is 5.41 Å². The zero-order valence-electron chi connectivity index (χ0n) is 15.3. The second-order valence-electron chi connectivity index (χ2n) is 7.25. The van der Waals surface area contributed by atoms with Crippen molar-refractivity contribution in [1.82, 2.24) is 4.90 Å². The average Bonchev–Trinajstić information content (AvgIpc) is 3.53. The first-order valence-electron chi connectivity index (χ1n) is 9.36. The average molecular weight is 385 g/mol. The molecule has 1 aliphatic heterocycles. The van der Waals surface area contributed by atoms with Gasteiger partial charge >= 0.3 is 0 Å². The highest BCUT2D eigenvalue weighted by Gasteiger charge is 2.58. The smallest absolute Gasteiger partial charge is 0.240 e. The van der Waals surface area contributed by atoms with Gasteiger partial charge in [0.1, 0.15) is 22.7 Å². The van der Waals surface area contributed by atoms with Crippen LogP contribution in [0.2, 0.25) is 0 Å². The molecular formula is C21H21F2N3O2. The molecule has 7 heteroatoms. The summed E-state index contributed by atoms with van der Waals surface area (Å²) in [5.41, 5.74) is -0.604. The second-order valence-corrected chi connectivity index (χ2v) is 7.25. The van der Waals surface area contributed by atoms with Gasteiger partial charge in [-0.15, -0.1) is 0 Å². The van der Waals surface area contributed by atoms with Crippen LogP contribution in [0.3, 0.4) is 0 Å². The molecule has 0 unspecified atom stereocenters. The minimum Gasteiger partial charge on any atom is -0.368 e. The number of piperazine rings is 1. The van der Waals surface area contributed by atoms with Gasteiger partial charge in [-0.1, -0.05) is 24.3 Å². The number of para-hydroxylation sites is 2. The van der Waals surface area contributed by atoms with E-state index in [0.29, 0.717) is 39.0 Å². The van der Waals surface area contributed by atoms with Crippen LogP contribution in [0.15, 0.2) is 48.5 Å². The van der Waals surface area contributed by atoms with Crippen LogP contribution in [0.25, 0.3) is 0 Å². The van der Waals surface area contributed by atoms with E-state index in [1.165, 1.54) is 6.07 Å². The molecule has 2 aromatic rings. The maximum Gasteiger partial charge on any atom is 0.240 e. The van der Waals surface area contributed by atoms with Gasteiger partial charge in [-0.2, -0.15) is 0 Å². The van der Waals surface area contributed by atoms with Gasteiger partial charge in [0.15, 0.2) is 0 Å². The minimum atomic E-state index is -1.20. The maximum absolute atomic E-state index is 13.8. The Balaban J connectivity index is 1.41. The van der Waals surface area contributed by atoms with Gasteiger partial charge in [-0.05, 0) is 37.1 Å². The Morgan fingerprint density at radius 1 is 0.857 bits per heavy atom. The number of carbonyl (C=O) groups is 2. The van der Waals surface area contributed by atoms with Crippen molar-refractivity contribution < 1.29 is 18.4 Å². The first kappa shape index (κ1) is 18.4. The van der Waals surface area contributed by atoms with Crippen LogP contribution in [-0.2, 0) is 9.59 Å². The molecule has 0 atom stereocenters. The molecule has 2 aromatic carbocycles. The van der Waals surface area contributed by atoms with Crippen molar-refractivity contribution in [3.63, 3.8) is 0 Å². The molecule has 0 radical (unpaired) electrons. The Bertz CT molecular complexity index is 872. The molecule has 1 saturated carbocycles. The number of amides is 2. The third-order valence-corrected chi connectivity index (χ3v) is 5.48. The maximum atomic E-state index is 13.8. The second kappa shape index (κ2) is 7.22. The van der Waals surface area contributed by atoms with E-state index >= 15 is 0 Å². The first-order chi connectivity index (χ1) is 13.5. The van der Waals surface area contributed by atoms with Crippen molar-refractivity contribution in [2.75, 3.05) is 36.4 Å². The predicted molar refractivity (Wildman–Crippen MR) is 102 cm³/mol. The van der Waals surface area contributed by atoms with Crippen LogP contribution in [0.1, 0.15) is 12.8 Å². The van der Waals surface area contributed by atoms with E-state index < -0.39 is 28.6 Å². The lowest BCUT2D eigenvalue weighted by Gasteiger charge is -2.37. The Labute approximate surface area is 161 Å². The highest BCUT2D eigenvalue weighted by Crippen LogP contribution is 2.48. The van der Waals surface area contributed by atoms with Gasteiger partial charge < -0.3 is 15.1 Å². The fourth-order valence-electron chi connectivity index (χ4n) is 3.62. The summed E-state index contributed by atoms with van der Waals surface area (Å²) in [6, 6.07) is 13.3. The van der Waals surface area contributed by atoms with E-state index in [2.05, 4.69) is 10.2 Å². The largest absolute Gasteiger partial charge is 0.368 e. The first-order valence-corrected chi connectivity index (χ1v) is 9.36. The van der Waals surface area contributed by atoms with Crippen molar-refractivity contribution >= 4 is 23.2 Å². The number of carbonyl (C=O) groups excluding carboxylic acids is 2. The molecule has 1 aliphatic carbocycles. The molecule has 0 bridgehead atoms. The van der Waals surface area contributed by atoms with E-state index in [1.807, 2.05) is 30.3 Å². The molecule has 1 N–H and O–H groups in total. The molecule has 2 fully saturated rings. The van der Waals surface area contributed by atoms with E-state index in [9.17, 15) is 18.4 Å². The highest BCUT2D eigenvalue weighted by molar-refractivity contribution is 6.13. The van der Waals surface area contributed by atoms with Gasteiger partial charge in [-0.3, -0.25) is 9.59 Å². The summed E-state index contributed by atoms with van der Waals surface area (Å²) in [5.74, 6) is -2.59. The summed E-state index contributed by atoms with van der Waals surface area (Å²) >= 11 is 0. The number of benzene rings is 2. The Morgan fingerprint density at radius 2 is 1.46 bits per heavy atom. The fourth-order valence-corrected chi connectivity index (χ4v) is 3.62. The van der Waals surface area contributed by atoms with E-state index in [0.717, 1.165) is 17.8 Å². The lowest BCUT2D eigenvalue weighted by molar-refractivity contribution is -0.142.